The van der Waals surface area contributed by atoms with Crippen LogP contribution >= 0.6 is 11.6 Å². The Labute approximate surface area is 211 Å². The smallest absolute Gasteiger partial charge is 0.311 e. The zero-order valence-corrected chi connectivity index (χ0v) is 20.6. The molecular weight excluding hydrogens is 488 g/mol. The molecule has 2 aromatic rings. The van der Waals surface area contributed by atoms with Gasteiger partial charge in [-0.15, -0.1) is 0 Å². The first-order valence-electron chi connectivity index (χ1n) is 11.7. The average molecular weight is 511 g/mol. The maximum absolute atomic E-state index is 14.2. The molecule has 4 atom stereocenters. The lowest BCUT2D eigenvalue weighted by Gasteiger charge is -2.37. The molecule has 0 unspecified atom stereocenters. The topological polar surface area (TPSA) is 122 Å². The van der Waals surface area contributed by atoms with E-state index in [2.05, 4.69) is 5.32 Å². The fourth-order valence-electron chi connectivity index (χ4n) is 6.84. The summed E-state index contributed by atoms with van der Waals surface area (Å²) >= 11 is 6.51. The van der Waals surface area contributed by atoms with Crippen molar-refractivity contribution in [2.75, 3.05) is 23.9 Å². The summed E-state index contributed by atoms with van der Waals surface area (Å²) in [6.07, 6.45) is 1.48. The van der Waals surface area contributed by atoms with Crippen molar-refractivity contribution < 1.29 is 24.0 Å². The molecule has 3 amide bonds. The molecule has 6 rings (SSSR count). The van der Waals surface area contributed by atoms with Crippen molar-refractivity contribution in [1.82, 2.24) is 4.90 Å². The van der Waals surface area contributed by atoms with Crippen LogP contribution in [0.15, 0.2) is 24.3 Å². The number of hydrogen-bond donors (Lipinski definition) is 1. The number of amides is 3. The summed E-state index contributed by atoms with van der Waals surface area (Å²) in [5.41, 5.74) is 0.948. The molecular formula is C25H23ClN4O6. The number of nitrogens with one attached hydrogen (secondary N) is 1. The van der Waals surface area contributed by atoms with Crippen molar-refractivity contribution in [3.8, 4) is 5.75 Å². The monoisotopic (exact) mass is 510 g/mol. The van der Waals surface area contributed by atoms with Gasteiger partial charge in [0.05, 0.1) is 40.3 Å². The highest BCUT2D eigenvalue weighted by molar-refractivity contribution is 6.35. The van der Waals surface area contributed by atoms with Gasteiger partial charge in [-0.1, -0.05) is 17.7 Å². The Morgan fingerprint density at radius 3 is 2.61 bits per heavy atom. The lowest BCUT2D eigenvalue weighted by Crippen LogP contribution is -2.54. The van der Waals surface area contributed by atoms with Crippen LogP contribution < -0.4 is 15.0 Å². The number of hydrogen-bond acceptors (Lipinski definition) is 7. The first kappa shape index (κ1) is 22.9. The molecule has 0 bridgehead atoms. The van der Waals surface area contributed by atoms with Gasteiger partial charge in [-0.05, 0) is 50.4 Å². The number of methoxy groups -OCH3 is 1. The molecule has 36 heavy (non-hydrogen) atoms. The SMILES string of the molecule is COc1cc(N2C(=O)[C@@H]3[C@@H]4CCCN4[C@]4(C(=O)Nc5c(Cl)cc(C)cc54)[C@H]3C2=O)c(C)cc1[N+](=O)[O-]. The quantitative estimate of drug-likeness (QED) is 0.382. The van der Waals surface area contributed by atoms with Gasteiger partial charge in [-0.25, -0.2) is 4.90 Å². The summed E-state index contributed by atoms with van der Waals surface area (Å²) in [6, 6.07) is 5.99. The molecule has 4 aliphatic rings. The number of imide groups is 1. The van der Waals surface area contributed by atoms with Crippen LogP contribution in [0.3, 0.4) is 0 Å². The Balaban J connectivity index is 1.55. The van der Waals surface area contributed by atoms with E-state index in [1.807, 2.05) is 17.9 Å². The van der Waals surface area contributed by atoms with Crippen LogP contribution in [0, 0.1) is 35.8 Å². The van der Waals surface area contributed by atoms with Gasteiger partial charge in [0.15, 0.2) is 5.75 Å². The van der Waals surface area contributed by atoms with E-state index in [1.165, 1.54) is 19.2 Å². The molecule has 11 heteroatoms. The number of benzene rings is 2. The highest BCUT2D eigenvalue weighted by Crippen LogP contribution is 2.61. The number of carbonyl (C=O) groups excluding carboxylic acids is 3. The molecule has 0 saturated carbocycles. The van der Waals surface area contributed by atoms with Gasteiger partial charge in [-0.2, -0.15) is 0 Å². The van der Waals surface area contributed by atoms with Crippen LogP contribution in [0.5, 0.6) is 5.75 Å². The standard InChI is InChI=1S/C25H23ClN4O6/c1-11-7-13-21(14(26)8-11)27-24(33)25(13)20-19(15-5-4-6-28(15)25)22(31)29(23(20)32)16-10-18(36-3)17(30(34)35)9-12(16)2/h7-10,15,19-20H,4-6H2,1-3H3,(H,27,33)/t15-,19+,20+,25-/m0/s1. The van der Waals surface area contributed by atoms with Gasteiger partial charge in [0, 0.05) is 23.7 Å². The lowest BCUT2D eigenvalue weighted by atomic mass is 9.75. The van der Waals surface area contributed by atoms with Crippen LogP contribution in [-0.4, -0.2) is 47.2 Å². The second-order valence-corrected chi connectivity index (χ2v) is 10.3. The van der Waals surface area contributed by atoms with Gasteiger partial charge in [-0.3, -0.25) is 29.4 Å². The Morgan fingerprint density at radius 2 is 1.92 bits per heavy atom. The number of nitrogens with zero attached hydrogens (tertiary/aromatic N) is 3. The summed E-state index contributed by atoms with van der Waals surface area (Å²) < 4.78 is 5.20. The van der Waals surface area contributed by atoms with Crippen LogP contribution in [-0.2, 0) is 19.9 Å². The van der Waals surface area contributed by atoms with Crippen LogP contribution in [0.4, 0.5) is 17.1 Å². The van der Waals surface area contributed by atoms with Crippen LogP contribution in [0.1, 0.15) is 29.5 Å². The minimum atomic E-state index is -1.35. The second-order valence-electron chi connectivity index (χ2n) is 9.88. The molecule has 1 spiro atoms. The number of rotatable bonds is 3. The first-order chi connectivity index (χ1) is 17.1. The van der Waals surface area contributed by atoms with E-state index in [0.29, 0.717) is 34.8 Å². The molecule has 10 nitrogen and oxygen atoms in total. The number of nitro groups is 1. The second kappa shape index (κ2) is 7.50. The van der Waals surface area contributed by atoms with Crippen molar-refractivity contribution in [3.63, 3.8) is 0 Å². The van der Waals surface area contributed by atoms with Crippen molar-refractivity contribution in [3.05, 3.63) is 56.1 Å². The Morgan fingerprint density at radius 1 is 1.17 bits per heavy atom. The highest BCUT2D eigenvalue weighted by atomic mass is 35.5. The predicted octanol–water partition coefficient (Wildman–Crippen LogP) is 3.30. The van der Waals surface area contributed by atoms with E-state index in [0.717, 1.165) is 16.9 Å². The number of halogens is 1. The zero-order valence-electron chi connectivity index (χ0n) is 19.8. The molecule has 1 N–H and O–H groups in total. The normalized spacial score (nSPS) is 28.5. The Kier molecular flexibility index (Phi) is 4.78. The number of anilines is 2. The number of carbonyl (C=O) groups is 3. The molecule has 0 radical (unpaired) electrons. The molecule has 4 heterocycles. The fraction of sp³-hybridized carbons (Fsp3) is 0.400. The van der Waals surface area contributed by atoms with Crippen molar-refractivity contribution >= 4 is 46.4 Å². The third-order valence-corrected chi connectivity index (χ3v) is 8.43. The lowest BCUT2D eigenvalue weighted by molar-refractivity contribution is -0.385. The Hall–Kier alpha value is -3.50. The van der Waals surface area contributed by atoms with Crippen LogP contribution in [0.2, 0.25) is 5.02 Å². The predicted molar refractivity (Wildman–Crippen MR) is 130 cm³/mol. The summed E-state index contributed by atoms with van der Waals surface area (Å²) in [7, 11) is 1.29. The van der Waals surface area contributed by atoms with Gasteiger partial charge in [0.1, 0.15) is 5.54 Å². The zero-order chi connectivity index (χ0) is 25.7. The molecule has 2 aromatic carbocycles. The number of fused-ring (bicyclic) bond motifs is 7. The fourth-order valence-corrected chi connectivity index (χ4v) is 7.16. The van der Waals surface area contributed by atoms with Gasteiger partial charge >= 0.3 is 5.69 Å². The third-order valence-electron chi connectivity index (χ3n) is 8.13. The van der Waals surface area contributed by atoms with E-state index < -0.39 is 34.1 Å². The molecule has 3 fully saturated rings. The summed E-state index contributed by atoms with van der Waals surface area (Å²) in [6.45, 7) is 4.06. The maximum atomic E-state index is 14.2. The van der Waals surface area contributed by atoms with Gasteiger partial charge < -0.3 is 10.1 Å². The largest absolute Gasteiger partial charge is 0.490 e. The molecule has 186 valence electrons. The van der Waals surface area contributed by atoms with E-state index in [4.69, 9.17) is 16.3 Å². The minimum Gasteiger partial charge on any atom is -0.490 e. The maximum Gasteiger partial charge on any atom is 0.311 e. The number of aryl methyl sites for hydroxylation is 2. The average Bonchev–Trinajstić information content (AvgIpc) is 3.53. The summed E-state index contributed by atoms with van der Waals surface area (Å²) in [4.78, 5) is 55.9. The highest BCUT2D eigenvalue weighted by Gasteiger charge is 2.75. The number of ether oxygens (including phenoxy) is 1. The third kappa shape index (κ3) is 2.63. The minimum absolute atomic E-state index is 0.0539. The van der Waals surface area contributed by atoms with E-state index in [1.54, 1.807) is 13.0 Å². The molecule has 0 aliphatic carbocycles. The van der Waals surface area contributed by atoms with E-state index >= 15 is 0 Å². The van der Waals surface area contributed by atoms with Gasteiger partial charge in [0.2, 0.25) is 11.8 Å². The Bertz CT molecular complexity index is 1410. The summed E-state index contributed by atoms with van der Waals surface area (Å²) in [5, 5.41) is 14.8. The molecule has 0 aromatic heterocycles. The number of nitro benzene ring substituents is 1. The van der Waals surface area contributed by atoms with Gasteiger partial charge in [0.25, 0.3) is 5.91 Å². The summed E-state index contributed by atoms with van der Waals surface area (Å²) in [5.74, 6) is -2.99. The molecule has 3 saturated heterocycles. The first-order valence-corrected chi connectivity index (χ1v) is 12.1. The van der Waals surface area contributed by atoms with E-state index in [-0.39, 0.29) is 29.1 Å². The van der Waals surface area contributed by atoms with Crippen molar-refractivity contribution in [1.29, 1.82) is 0 Å². The van der Waals surface area contributed by atoms with Crippen molar-refractivity contribution in [2.45, 2.75) is 38.3 Å². The van der Waals surface area contributed by atoms with Crippen molar-refractivity contribution in [2.24, 2.45) is 11.8 Å². The van der Waals surface area contributed by atoms with E-state index in [9.17, 15) is 24.5 Å². The molecule has 4 aliphatic heterocycles. The van der Waals surface area contributed by atoms with Crippen LogP contribution in [0.25, 0.3) is 0 Å².